The Morgan fingerprint density at radius 2 is 1.70 bits per heavy atom. The highest BCUT2D eigenvalue weighted by molar-refractivity contribution is 6.10. The lowest BCUT2D eigenvalue weighted by molar-refractivity contribution is 0.0971. The molecular weight excluding hydrogens is 414 g/mol. The average Bonchev–Trinajstić information content (AvgIpc) is 3.08. The molecule has 1 atom stereocenters. The zero-order valence-electron chi connectivity index (χ0n) is 19.1. The summed E-state index contributed by atoms with van der Waals surface area (Å²) in [6.07, 6.45) is 0. The summed E-state index contributed by atoms with van der Waals surface area (Å²) in [5.74, 6) is 0.473. The van der Waals surface area contributed by atoms with Crippen molar-refractivity contribution in [2.45, 2.75) is 33.7 Å². The number of carbonyl (C=O) groups is 1. The lowest BCUT2D eigenvalue weighted by Crippen LogP contribution is -2.29. The van der Waals surface area contributed by atoms with Crippen LogP contribution in [0.25, 0.3) is 11.0 Å². The normalized spacial score (nSPS) is 15.2. The zero-order valence-corrected chi connectivity index (χ0v) is 19.1. The van der Waals surface area contributed by atoms with Crippen molar-refractivity contribution in [2.24, 2.45) is 0 Å². The molecule has 0 aliphatic carbocycles. The first kappa shape index (κ1) is 21.0. The Kier molecular flexibility index (Phi) is 5.05. The maximum atomic E-state index is 13.8. The van der Waals surface area contributed by atoms with E-state index < -0.39 is 6.04 Å². The number of fused-ring (bicyclic) bond motifs is 2. The number of aryl methyl sites for hydroxylation is 3. The highest BCUT2D eigenvalue weighted by Gasteiger charge is 2.43. The second kappa shape index (κ2) is 7.93. The molecule has 1 aliphatic rings. The maximum Gasteiger partial charge on any atom is 0.295 e. The van der Waals surface area contributed by atoms with Crippen LogP contribution in [0.2, 0.25) is 0 Å². The molecule has 33 heavy (non-hydrogen) atoms. The van der Waals surface area contributed by atoms with Crippen molar-refractivity contribution in [1.29, 1.82) is 0 Å². The van der Waals surface area contributed by atoms with Crippen LogP contribution in [0, 0.1) is 20.8 Å². The first-order valence-corrected chi connectivity index (χ1v) is 11.1. The number of hydrogen-bond acceptors (Lipinski definition) is 4. The number of benzene rings is 3. The van der Waals surface area contributed by atoms with Gasteiger partial charge >= 0.3 is 0 Å². The third kappa shape index (κ3) is 3.41. The van der Waals surface area contributed by atoms with Crippen molar-refractivity contribution >= 4 is 22.6 Å². The Balaban J connectivity index is 1.81. The van der Waals surface area contributed by atoms with Crippen molar-refractivity contribution in [3.8, 4) is 5.75 Å². The van der Waals surface area contributed by atoms with E-state index in [4.69, 9.17) is 9.15 Å². The van der Waals surface area contributed by atoms with Crippen molar-refractivity contribution in [3.05, 3.63) is 104 Å². The number of carbonyl (C=O) groups excluding carboxylic acids is 1. The fraction of sp³-hybridized carbons (Fsp3) is 0.214. The summed E-state index contributed by atoms with van der Waals surface area (Å²) in [5, 5.41) is 0.488. The molecule has 5 nitrogen and oxygen atoms in total. The van der Waals surface area contributed by atoms with Crippen molar-refractivity contribution in [1.82, 2.24) is 0 Å². The van der Waals surface area contributed by atoms with Crippen LogP contribution in [0.3, 0.4) is 0 Å². The van der Waals surface area contributed by atoms with E-state index in [9.17, 15) is 9.59 Å². The minimum Gasteiger partial charge on any atom is -0.494 e. The minimum absolute atomic E-state index is 0.101. The summed E-state index contributed by atoms with van der Waals surface area (Å²) >= 11 is 0. The Morgan fingerprint density at radius 1 is 0.939 bits per heavy atom. The largest absolute Gasteiger partial charge is 0.494 e. The van der Waals surface area contributed by atoms with Crippen LogP contribution in [0.4, 0.5) is 5.69 Å². The Morgan fingerprint density at radius 3 is 2.45 bits per heavy atom. The summed E-state index contributed by atoms with van der Waals surface area (Å²) < 4.78 is 11.8. The predicted molar refractivity (Wildman–Crippen MR) is 129 cm³/mol. The number of anilines is 1. The molecule has 5 heteroatoms. The predicted octanol–water partition coefficient (Wildman–Crippen LogP) is 5.87. The van der Waals surface area contributed by atoms with Crippen LogP contribution in [-0.2, 0) is 0 Å². The lowest BCUT2D eigenvalue weighted by atomic mass is 9.97. The van der Waals surface area contributed by atoms with Gasteiger partial charge in [0.05, 0.1) is 23.6 Å². The van der Waals surface area contributed by atoms with Gasteiger partial charge in [-0.3, -0.25) is 14.5 Å². The standard InChI is InChI=1S/C28H25NO4/c1-5-32-21-11-7-9-19(15-21)25-24-26(30)22-13-17(3)18(4)14-23(22)33-27(24)28(31)29(25)20-10-6-8-16(2)12-20/h6-15,25H,5H2,1-4H3. The molecule has 166 valence electrons. The number of amides is 1. The van der Waals surface area contributed by atoms with E-state index in [0.717, 1.165) is 22.3 Å². The van der Waals surface area contributed by atoms with Gasteiger partial charge in [0, 0.05) is 5.69 Å². The third-order valence-electron chi connectivity index (χ3n) is 6.25. The zero-order chi connectivity index (χ0) is 23.3. The molecule has 4 aromatic rings. The van der Waals surface area contributed by atoms with Crippen molar-refractivity contribution in [3.63, 3.8) is 0 Å². The number of ether oxygens (including phenoxy) is 1. The Hall–Kier alpha value is -3.86. The maximum absolute atomic E-state index is 13.8. The molecule has 0 bridgehead atoms. The van der Waals surface area contributed by atoms with Gasteiger partial charge in [-0.2, -0.15) is 0 Å². The van der Waals surface area contributed by atoms with Gasteiger partial charge in [-0.25, -0.2) is 0 Å². The molecule has 5 rings (SSSR count). The highest BCUT2D eigenvalue weighted by atomic mass is 16.5. The van der Waals surface area contributed by atoms with Crippen LogP contribution < -0.4 is 15.1 Å². The van der Waals surface area contributed by atoms with E-state index in [0.29, 0.717) is 34.6 Å². The molecule has 1 aromatic heterocycles. The van der Waals surface area contributed by atoms with E-state index in [1.165, 1.54) is 0 Å². The fourth-order valence-corrected chi connectivity index (χ4v) is 4.53. The molecule has 0 saturated heterocycles. The number of hydrogen-bond donors (Lipinski definition) is 0. The van der Waals surface area contributed by atoms with Crippen LogP contribution in [0.1, 0.15) is 51.3 Å². The van der Waals surface area contributed by atoms with Gasteiger partial charge in [-0.15, -0.1) is 0 Å². The number of rotatable bonds is 4. The second-order valence-electron chi connectivity index (χ2n) is 8.53. The average molecular weight is 440 g/mol. The van der Waals surface area contributed by atoms with Crippen molar-refractivity contribution < 1.29 is 13.9 Å². The number of nitrogens with zero attached hydrogens (tertiary/aromatic N) is 1. The summed E-state index contributed by atoms with van der Waals surface area (Å²) in [6, 6.07) is 18.4. The Bertz CT molecular complexity index is 1470. The fourth-order valence-electron chi connectivity index (χ4n) is 4.53. The van der Waals surface area contributed by atoms with Crippen LogP contribution in [-0.4, -0.2) is 12.5 Å². The topological polar surface area (TPSA) is 59.8 Å². The lowest BCUT2D eigenvalue weighted by Gasteiger charge is -2.26. The molecule has 0 saturated carbocycles. The van der Waals surface area contributed by atoms with Crippen LogP contribution in [0.5, 0.6) is 5.75 Å². The summed E-state index contributed by atoms with van der Waals surface area (Å²) in [7, 11) is 0. The molecule has 0 spiro atoms. The van der Waals surface area contributed by atoms with Gasteiger partial charge in [0.15, 0.2) is 5.43 Å². The molecule has 0 N–H and O–H groups in total. The first-order chi connectivity index (χ1) is 15.9. The van der Waals surface area contributed by atoms with E-state index in [2.05, 4.69) is 0 Å². The molecule has 1 amide bonds. The summed E-state index contributed by atoms with van der Waals surface area (Å²) in [6.45, 7) is 8.35. The van der Waals surface area contributed by atoms with Crippen molar-refractivity contribution in [2.75, 3.05) is 11.5 Å². The summed E-state index contributed by atoms with van der Waals surface area (Å²) in [5.41, 5.74) is 5.17. The summed E-state index contributed by atoms with van der Waals surface area (Å²) in [4.78, 5) is 29.2. The van der Waals surface area contributed by atoms with Gasteiger partial charge in [0.25, 0.3) is 5.91 Å². The monoisotopic (exact) mass is 439 g/mol. The van der Waals surface area contributed by atoms with Gasteiger partial charge in [-0.1, -0.05) is 24.3 Å². The molecule has 1 aliphatic heterocycles. The Labute approximate surface area is 192 Å². The third-order valence-corrected chi connectivity index (χ3v) is 6.25. The smallest absolute Gasteiger partial charge is 0.295 e. The van der Waals surface area contributed by atoms with Crippen LogP contribution in [0.15, 0.2) is 69.9 Å². The van der Waals surface area contributed by atoms with Gasteiger partial charge in [0.2, 0.25) is 5.76 Å². The van der Waals surface area contributed by atoms with Gasteiger partial charge in [0.1, 0.15) is 11.3 Å². The SMILES string of the molecule is CCOc1cccc(C2c3c(oc4cc(C)c(C)cc4c3=O)C(=O)N2c2cccc(C)c2)c1. The molecule has 0 radical (unpaired) electrons. The molecule has 2 heterocycles. The highest BCUT2D eigenvalue weighted by Crippen LogP contribution is 2.42. The van der Waals surface area contributed by atoms with E-state index in [1.54, 1.807) is 4.90 Å². The molecule has 0 fully saturated rings. The van der Waals surface area contributed by atoms with E-state index in [1.807, 2.05) is 88.4 Å². The first-order valence-electron chi connectivity index (χ1n) is 11.1. The van der Waals surface area contributed by atoms with E-state index >= 15 is 0 Å². The van der Waals surface area contributed by atoms with Crippen LogP contribution >= 0.6 is 0 Å². The quantitative estimate of drug-likeness (QED) is 0.399. The molecule has 3 aromatic carbocycles. The van der Waals surface area contributed by atoms with E-state index in [-0.39, 0.29) is 17.1 Å². The molecule has 1 unspecified atom stereocenters. The van der Waals surface area contributed by atoms with Gasteiger partial charge < -0.3 is 9.15 Å². The second-order valence-corrected chi connectivity index (χ2v) is 8.53. The minimum atomic E-state index is -0.614. The van der Waals surface area contributed by atoms with Gasteiger partial charge in [-0.05, 0) is 86.3 Å². The molecular formula is C28H25NO4.